The number of carbonyl (C=O) groups excluding carboxylic acids is 2. The van der Waals surface area contributed by atoms with E-state index >= 15 is 0 Å². The van der Waals surface area contributed by atoms with Crippen LogP contribution < -0.4 is 10.6 Å². The summed E-state index contributed by atoms with van der Waals surface area (Å²) >= 11 is 1.37. The highest BCUT2D eigenvalue weighted by Gasteiger charge is 2.24. The molecule has 0 saturated heterocycles. The van der Waals surface area contributed by atoms with E-state index in [9.17, 15) is 9.59 Å². The highest BCUT2D eigenvalue weighted by molar-refractivity contribution is 7.13. The lowest BCUT2D eigenvalue weighted by molar-refractivity contribution is -0.127. The van der Waals surface area contributed by atoms with Crippen LogP contribution in [0.2, 0.25) is 0 Å². The normalized spacial score (nSPS) is 12.0. The maximum atomic E-state index is 12.4. The zero-order valence-electron chi connectivity index (χ0n) is 13.5. The molecule has 1 aromatic carbocycles. The van der Waals surface area contributed by atoms with Crippen LogP contribution in [0.25, 0.3) is 0 Å². The lowest BCUT2D eigenvalue weighted by Gasteiger charge is -2.21. The molecule has 23 heavy (non-hydrogen) atoms. The molecule has 0 aliphatic rings. The standard InChI is InChI=1S/C17H21N3O2S/c1-11(2)15(16(22)20-17-18-12(3)10-23-17)19-14(21)9-13-7-5-4-6-8-13/h4-8,10-11,15H,9H2,1-3H3,(H,19,21)(H,18,20,22). The molecule has 0 saturated carbocycles. The molecule has 2 amide bonds. The number of aromatic nitrogens is 1. The Balaban J connectivity index is 1.97. The van der Waals surface area contributed by atoms with Gasteiger partial charge in [0.1, 0.15) is 6.04 Å². The Hall–Kier alpha value is -2.21. The molecule has 0 fully saturated rings. The van der Waals surface area contributed by atoms with E-state index in [1.165, 1.54) is 11.3 Å². The zero-order valence-corrected chi connectivity index (χ0v) is 14.3. The summed E-state index contributed by atoms with van der Waals surface area (Å²) in [4.78, 5) is 28.8. The Morgan fingerprint density at radius 2 is 1.91 bits per heavy atom. The second-order valence-corrected chi connectivity index (χ2v) is 6.59. The Bertz CT molecular complexity index is 667. The molecule has 122 valence electrons. The van der Waals surface area contributed by atoms with Gasteiger partial charge in [0, 0.05) is 5.38 Å². The number of nitrogens with one attached hydrogen (secondary N) is 2. The van der Waals surface area contributed by atoms with Gasteiger partial charge >= 0.3 is 0 Å². The molecule has 1 atom stereocenters. The van der Waals surface area contributed by atoms with E-state index < -0.39 is 6.04 Å². The molecule has 0 radical (unpaired) electrons. The minimum atomic E-state index is -0.588. The number of amides is 2. The van der Waals surface area contributed by atoms with E-state index in [0.717, 1.165) is 11.3 Å². The number of thiazole rings is 1. The van der Waals surface area contributed by atoms with Crippen molar-refractivity contribution in [3.05, 3.63) is 47.0 Å². The molecular formula is C17H21N3O2S. The van der Waals surface area contributed by atoms with Crippen molar-refractivity contribution in [2.75, 3.05) is 5.32 Å². The van der Waals surface area contributed by atoms with Crippen LogP contribution in [-0.2, 0) is 16.0 Å². The molecule has 1 unspecified atom stereocenters. The molecule has 2 aromatic rings. The fourth-order valence-electron chi connectivity index (χ4n) is 2.14. The van der Waals surface area contributed by atoms with Crippen molar-refractivity contribution in [1.29, 1.82) is 0 Å². The zero-order chi connectivity index (χ0) is 16.8. The van der Waals surface area contributed by atoms with Gasteiger partial charge in [0.15, 0.2) is 5.13 Å². The molecule has 1 aromatic heterocycles. The first-order chi connectivity index (χ1) is 11.0. The van der Waals surface area contributed by atoms with Crippen LogP contribution in [0.3, 0.4) is 0 Å². The van der Waals surface area contributed by atoms with Gasteiger partial charge in [-0.3, -0.25) is 9.59 Å². The Morgan fingerprint density at radius 1 is 1.22 bits per heavy atom. The first-order valence-electron chi connectivity index (χ1n) is 7.52. The van der Waals surface area contributed by atoms with Crippen LogP contribution in [0.1, 0.15) is 25.1 Å². The van der Waals surface area contributed by atoms with Crippen molar-refractivity contribution in [3.63, 3.8) is 0 Å². The average Bonchev–Trinajstić information content (AvgIpc) is 2.90. The van der Waals surface area contributed by atoms with Crippen LogP contribution in [0.5, 0.6) is 0 Å². The third-order valence-electron chi connectivity index (χ3n) is 3.32. The summed E-state index contributed by atoms with van der Waals surface area (Å²) in [7, 11) is 0. The highest BCUT2D eigenvalue weighted by atomic mass is 32.1. The number of hydrogen-bond acceptors (Lipinski definition) is 4. The Kier molecular flexibility index (Phi) is 5.87. The minimum absolute atomic E-state index is 0.0178. The largest absolute Gasteiger partial charge is 0.344 e. The van der Waals surface area contributed by atoms with Crippen LogP contribution in [-0.4, -0.2) is 22.8 Å². The van der Waals surface area contributed by atoms with Gasteiger partial charge in [-0.25, -0.2) is 4.98 Å². The van der Waals surface area contributed by atoms with E-state index in [4.69, 9.17) is 0 Å². The van der Waals surface area contributed by atoms with E-state index in [1.54, 1.807) is 0 Å². The summed E-state index contributed by atoms with van der Waals surface area (Å²) in [5.74, 6) is -0.424. The van der Waals surface area contributed by atoms with Gasteiger partial charge in [0.05, 0.1) is 12.1 Å². The van der Waals surface area contributed by atoms with E-state index in [2.05, 4.69) is 15.6 Å². The Morgan fingerprint density at radius 3 is 2.48 bits per heavy atom. The molecule has 6 heteroatoms. The van der Waals surface area contributed by atoms with Crippen LogP contribution >= 0.6 is 11.3 Å². The fraction of sp³-hybridized carbons (Fsp3) is 0.353. The third-order valence-corrected chi connectivity index (χ3v) is 4.20. The van der Waals surface area contributed by atoms with Crippen molar-refractivity contribution in [3.8, 4) is 0 Å². The molecule has 0 spiro atoms. The summed E-state index contributed by atoms with van der Waals surface area (Å²) in [6.45, 7) is 5.67. The number of nitrogens with zero attached hydrogens (tertiary/aromatic N) is 1. The predicted molar refractivity (Wildman–Crippen MR) is 92.4 cm³/mol. The smallest absolute Gasteiger partial charge is 0.248 e. The summed E-state index contributed by atoms with van der Waals surface area (Å²) < 4.78 is 0. The van der Waals surface area contributed by atoms with Gasteiger partial charge in [-0.05, 0) is 18.4 Å². The SMILES string of the molecule is Cc1csc(NC(=O)C(NC(=O)Cc2ccccc2)C(C)C)n1. The second-order valence-electron chi connectivity index (χ2n) is 5.73. The lowest BCUT2D eigenvalue weighted by Crippen LogP contribution is -2.47. The minimum Gasteiger partial charge on any atom is -0.344 e. The first-order valence-corrected chi connectivity index (χ1v) is 8.40. The van der Waals surface area contributed by atoms with Crippen LogP contribution in [0, 0.1) is 12.8 Å². The number of carbonyl (C=O) groups is 2. The van der Waals surface area contributed by atoms with Gasteiger partial charge in [0.25, 0.3) is 0 Å². The van der Waals surface area contributed by atoms with E-state index in [-0.39, 0.29) is 24.2 Å². The molecule has 0 aliphatic heterocycles. The topological polar surface area (TPSA) is 71.1 Å². The average molecular weight is 331 g/mol. The summed E-state index contributed by atoms with van der Waals surface area (Å²) in [6, 6.07) is 8.88. The van der Waals surface area contributed by atoms with E-state index in [1.807, 2.05) is 56.5 Å². The van der Waals surface area contributed by atoms with Gasteiger partial charge in [-0.2, -0.15) is 0 Å². The number of anilines is 1. The number of benzene rings is 1. The van der Waals surface area contributed by atoms with Crippen molar-refractivity contribution < 1.29 is 9.59 Å². The van der Waals surface area contributed by atoms with Gasteiger partial charge in [-0.1, -0.05) is 44.2 Å². The molecular weight excluding hydrogens is 310 g/mol. The van der Waals surface area contributed by atoms with Gasteiger partial charge in [0.2, 0.25) is 11.8 Å². The highest BCUT2D eigenvalue weighted by Crippen LogP contribution is 2.15. The Labute approximate surface area is 140 Å². The van der Waals surface area contributed by atoms with Crippen LogP contribution in [0.15, 0.2) is 35.7 Å². The second kappa shape index (κ2) is 7.87. The summed E-state index contributed by atoms with van der Waals surface area (Å²) in [5, 5.41) is 8.01. The molecule has 5 nitrogen and oxygen atoms in total. The van der Waals surface area contributed by atoms with Crippen LogP contribution in [0.4, 0.5) is 5.13 Å². The summed E-state index contributed by atoms with van der Waals surface area (Å²) in [5.41, 5.74) is 1.78. The number of aryl methyl sites for hydroxylation is 1. The first kappa shape index (κ1) is 17.1. The number of rotatable bonds is 6. The molecule has 2 N–H and O–H groups in total. The predicted octanol–water partition coefficient (Wildman–Crippen LogP) is 2.77. The van der Waals surface area contributed by atoms with E-state index in [0.29, 0.717) is 5.13 Å². The third kappa shape index (κ3) is 5.17. The molecule has 0 bridgehead atoms. The van der Waals surface area contributed by atoms with Crippen molar-refractivity contribution in [2.24, 2.45) is 5.92 Å². The number of hydrogen-bond donors (Lipinski definition) is 2. The monoisotopic (exact) mass is 331 g/mol. The molecule has 1 heterocycles. The maximum absolute atomic E-state index is 12.4. The van der Waals surface area contributed by atoms with Crippen molar-refractivity contribution >= 4 is 28.3 Å². The van der Waals surface area contributed by atoms with Gasteiger partial charge < -0.3 is 10.6 Å². The quantitative estimate of drug-likeness (QED) is 0.855. The fourth-order valence-corrected chi connectivity index (χ4v) is 2.83. The molecule has 0 aliphatic carbocycles. The van der Waals surface area contributed by atoms with Crippen molar-refractivity contribution in [2.45, 2.75) is 33.2 Å². The molecule has 2 rings (SSSR count). The lowest BCUT2D eigenvalue weighted by atomic mass is 10.0. The summed E-state index contributed by atoms with van der Waals surface area (Å²) in [6.07, 6.45) is 0.258. The van der Waals surface area contributed by atoms with Gasteiger partial charge in [-0.15, -0.1) is 11.3 Å². The maximum Gasteiger partial charge on any atom is 0.248 e. The van der Waals surface area contributed by atoms with Crippen molar-refractivity contribution in [1.82, 2.24) is 10.3 Å².